The molecule has 0 saturated carbocycles. The Morgan fingerprint density at radius 1 is 1.12 bits per heavy atom. The normalized spacial score (nSPS) is 17.5. The van der Waals surface area contributed by atoms with E-state index in [2.05, 4.69) is 0 Å². The number of amides is 2. The summed E-state index contributed by atoms with van der Waals surface area (Å²) in [5.74, 6) is -0.826. The highest BCUT2D eigenvalue weighted by Crippen LogP contribution is 2.13. The van der Waals surface area contributed by atoms with Crippen LogP contribution in [-0.4, -0.2) is 53.8 Å². The van der Waals surface area contributed by atoms with Crippen molar-refractivity contribution in [1.82, 2.24) is 9.80 Å². The Kier molecular flexibility index (Phi) is 7.63. The Hall–Kier alpha value is -1.66. The molecule has 0 aromatic heterocycles. The highest BCUT2D eigenvalue weighted by molar-refractivity contribution is 5.94. The van der Waals surface area contributed by atoms with Gasteiger partial charge < -0.3 is 15.5 Å². The first-order valence-electron chi connectivity index (χ1n) is 7.99. The summed E-state index contributed by atoms with van der Waals surface area (Å²) in [5.41, 5.74) is 6.14. The molecular formula is C17H25ClFN3O2. The zero-order valence-electron chi connectivity index (χ0n) is 14.1. The fourth-order valence-corrected chi connectivity index (χ4v) is 2.66. The number of halogens is 2. The van der Waals surface area contributed by atoms with Gasteiger partial charge >= 0.3 is 0 Å². The van der Waals surface area contributed by atoms with Crippen molar-refractivity contribution < 1.29 is 14.0 Å². The zero-order valence-corrected chi connectivity index (χ0v) is 14.9. The van der Waals surface area contributed by atoms with E-state index in [0.29, 0.717) is 38.2 Å². The predicted molar refractivity (Wildman–Crippen MR) is 93.6 cm³/mol. The number of rotatable bonds is 3. The van der Waals surface area contributed by atoms with Gasteiger partial charge in [0.05, 0.1) is 5.92 Å². The topological polar surface area (TPSA) is 66.6 Å². The molecule has 0 radical (unpaired) electrons. The molecule has 0 aliphatic carbocycles. The lowest BCUT2D eigenvalue weighted by Gasteiger charge is -2.26. The standard InChI is InChI=1S/C17H24FN3O2.ClH/c1-12(13(2)19)16(22)20-7-4-8-21(10-9-20)17(23)14-5-3-6-15(18)11-14;/h3,5-6,11-13H,4,7-10,19H2,1-2H3;1H. The maximum Gasteiger partial charge on any atom is 0.254 e. The van der Waals surface area contributed by atoms with Gasteiger partial charge in [-0.3, -0.25) is 9.59 Å². The number of hydrogen-bond donors (Lipinski definition) is 1. The number of carbonyl (C=O) groups is 2. The number of nitrogens with zero attached hydrogens (tertiary/aromatic N) is 2. The molecular weight excluding hydrogens is 333 g/mol. The van der Waals surface area contributed by atoms with E-state index < -0.39 is 5.82 Å². The molecule has 1 aromatic carbocycles. The first kappa shape index (κ1) is 20.4. The van der Waals surface area contributed by atoms with E-state index in [0.717, 1.165) is 0 Å². The van der Waals surface area contributed by atoms with Gasteiger partial charge in [0.25, 0.3) is 5.91 Å². The van der Waals surface area contributed by atoms with E-state index in [4.69, 9.17) is 5.73 Å². The van der Waals surface area contributed by atoms with Crippen LogP contribution in [0.25, 0.3) is 0 Å². The van der Waals surface area contributed by atoms with Crippen LogP contribution < -0.4 is 5.73 Å². The molecule has 1 heterocycles. The van der Waals surface area contributed by atoms with E-state index in [1.54, 1.807) is 15.9 Å². The minimum Gasteiger partial charge on any atom is -0.341 e. The van der Waals surface area contributed by atoms with Crippen LogP contribution in [0, 0.1) is 11.7 Å². The van der Waals surface area contributed by atoms with Gasteiger partial charge in [-0.05, 0) is 31.5 Å². The smallest absolute Gasteiger partial charge is 0.254 e. The molecule has 1 saturated heterocycles. The highest BCUT2D eigenvalue weighted by atomic mass is 35.5. The molecule has 2 N–H and O–H groups in total. The van der Waals surface area contributed by atoms with Crippen molar-refractivity contribution in [2.24, 2.45) is 11.7 Å². The minimum atomic E-state index is -0.423. The summed E-state index contributed by atoms with van der Waals surface area (Å²) in [6.45, 7) is 5.76. The third-order valence-electron chi connectivity index (χ3n) is 4.34. The van der Waals surface area contributed by atoms with E-state index in [9.17, 15) is 14.0 Å². The summed E-state index contributed by atoms with van der Waals surface area (Å²) in [6.07, 6.45) is 0.707. The molecule has 2 atom stereocenters. The Bertz CT molecular complexity index is 583. The Morgan fingerprint density at radius 3 is 2.38 bits per heavy atom. The van der Waals surface area contributed by atoms with Gasteiger partial charge in [0, 0.05) is 37.8 Å². The zero-order chi connectivity index (χ0) is 17.0. The second-order valence-corrected chi connectivity index (χ2v) is 6.13. The van der Waals surface area contributed by atoms with E-state index in [1.165, 1.54) is 18.2 Å². The van der Waals surface area contributed by atoms with E-state index >= 15 is 0 Å². The first-order valence-corrected chi connectivity index (χ1v) is 7.99. The van der Waals surface area contributed by atoms with Crippen LogP contribution in [0.5, 0.6) is 0 Å². The van der Waals surface area contributed by atoms with Crippen molar-refractivity contribution in [2.75, 3.05) is 26.2 Å². The summed E-state index contributed by atoms with van der Waals surface area (Å²) in [5, 5.41) is 0. The van der Waals surface area contributed by atoms with E-state index in [1.807, 2.05) is 13.8 Å². The van der Waals surface area contributed by atoms with Crippen LogP contribution in [0.15, 0.2) is 24.3 Å². The molecule has 2 rings (SSSR count). The largest absolute Gasteiger partial charge is 0.341 e. The number of nitrogens with two attached hydrogens (primary N) is 1. The number of carbonyl (C=O) groups excluding carboxylic acids is 2. The summed E-state index contributed by atoms with van der Waals surface area (Å²) >= 11 is 0. The average molecular weight is 358 g/mol. The molecule has 2 unspecified atom stereocenters. The van der Waals surface area contributed by atoms with Crippen molar-refractivity contribution in [3.63, 3.8) is 0 Å². The average Bonchev–Trinajstić information content (AvgIpc) is 2.78. The van der Waals surface area contributed by atoms with Crippen LogP contribution in [0.4, 0.5) is 4.39 Å². The molecule has 24 heavy (non-hydrogen) atoms. The number of hydrogen-bond acceptors (Lipinski definition) is 3. The molecule has 0 bridgehead atoms. The van der Waals surface area contributed by atoms with Crippen LogP contribution in [0.1, 0.15) is 30.6 Å². The highest BCUT2D eigenvalue weighted by Gasteiger charge is 2.27. The maximum atomic E-state index is 13.3. The summed E-state index contributed by atoms with van der Waals surface area (Å²) in [6, 6.07) is 5.50. The van der Waals surface area contributed by atoms with Gasteiger partial charge in [-0.25, -0.2) is 4.39 Å². The van der Waals surface area contributed by atoms with E-state index in [-0.39, 0.29) is 36.2 Å². The van der Waals surface area contributed by atoms with Crippen LogP contribution in [0.3, 0.4) is 0 Å². The summed E-state index contributed by atoms with van der Waals surface area (Å²) in [4.78, 5) is 28.3. The molecule has 1 aliphatic heterocycles. The third kappa shape index (κ3) is 4.92. The maximum absolute atomic E-state index is 13.3. The monoisotopic (exact) mass is 357 g/mol. The molecule has 1 aliphatic rings. The molecule has 1 fully saturated rings. The van der Waals surface area contributed by atoms with Crippen LogP contribution in [0.2, 0.25) is 0 Å². The molecule has 2 amide bonds. The Morgan fingerprint density at radius 2 is 1.75 bits per heavy atom. The molecule has 0 spiro atoms. The fourth-order valence-electron chi connectivity index (χ4n) is 2.66. The lowest BCUT2D eigenvalue weighted by Crippen LogP contribution is -2.43. The van der Waals surface area contributed by atoms with Crippen molar-refractivity contribution >= 4 is 24.2 Å². The van der Waals surface area contributed by atoms with Crippen LogP contribution >= 0.6 is 12.4 Å². The predicted octanol–water partition coefficient (Wildman–Crippen LogP) is 1.91. The summed E-state index contributed by atoms with van der Waals surface area (Å²) in [7, 11) is 0. The van der Waals surface area contributed by atoms with Crippen molar-refractivity contribution in [3.05, 3.63) is 35.6 Å². The third-order valence-corrected chi connectivity index (χ3v) is 4.34. The number of benzene rings is 1. The Balaban J connectivity index is 0.00000288. The SMILES string of the molecule is CC(N)C(C)C(=O)N1CCCN(C(=O)c2cccc(F)c2)CC1.Cl. The first-order chi connectivity index (χ1) is 10.9. The van der Waals surface area contributed by atoms with Gasteiger partial charge in [0.15, 0.2) is 0 Å². The lowest BCUT2D eigenvalue weighted by atomic mass is 10.0. The van der Waals surface area contributed by atoms with Gasteiger partial charge in [0.2, 0.25) is 5.91 Å². The van der Waals surface area contributed by atoms with Crippen molar-refractivity contribution in [3.8, 4) is 0 Å². The van der Waals surface area contributed by atoms with Gasteiger partial charge in [-0.15, -0.1) is 12.4 Å². The quantitative estimate of drug-likeness (QED) is 0.898. The minimum absolute atomic E-state index is 0. The Labute approximate surface area is 148 Å². The summed E-state index contributed by atoms with van der Waals surface area (Å²) < 4.78 is 13.3. The lowest BCUT2D eigenvalue weighted by molar-refractivity contribution is -0.135. The van der Waals surface area contributed by atoms with Crippen molar-refractivity contribution in [1.29, 1.82) is 0 Å². The molecule has 134 valence electrons. The second kappa shape index (κ2) is 8.99. The molecule has 5 nitrogen and oxygen atoms in total. The fraction of sp³-hybridized carbons (Fsp3) is 0.529. The molecule has 7 heteroatoms. The van der Waals surface area contributed by atoms with Gasteiger partial charge in [-0.1, -0.05) is 13.0 Å². The van der Waals surface area contributed by atoms with Crippen LogP contribution in [-0.2, 0) is 4.79 Å². The molecule has 1 aromatic rings. The second-order valence-electron chi connectivity index (χ2n) is 6.13. The van der Waals surface area contributed by atoms with Crippen molar-refractivity contribution in [2.45, 2.75) is 26.3 Å². The van der Waals surface area contributed by atoms with Gasteiger partial charge in [0.1, 0.15) is 5.82 Å². The van der Waals surface area contributed by atoms with Gasteiger partial charge in [-0.2, -0.15) is 0 Å².